The second-order valence-electron chi connectivity index (χ2n) is 3.50. The first-order chi connectivity index (χ1) is 6.81. The van der Waals surface area contributed by atoms with E-state index in [-0.39, 0.29) is 0 Å². The molecule has 2 N–H and O–H groups in total. The van der Waals surface area contributed by atoms with Crippen LogP contribution in [0.25, 0.3) is 10.8 Å². The lowest BCUT2D eigenvalue weighted by Crippen LogP contribution is -2.03. The van der Waals surface area contributed by atoms with Gasteiger partial charge in [-0.05, 0) is 36.9 Å². The highest BCUT2D eigenvalue weighted by molar-refractivity contribution is 5.85. The molecule has 14 heavy (non-hydrogen) atoms. The summed E-state index contributed by atoms with van der Waals surface area (Å²) in [5.74, 6) is 0. The largest absolute Gasteiger partial charge is 0.330 e. The van der Waals surface area contributed by atoms with Crippen LogP contribution in [0.15, 0.2) is 30.5 Å². The van der Waals surface area contributed by atoms with Crippen molar-refractivity contribution in [3.8, 4) is 0 Å². The monoisotopic (exact) mass is 186 g/mol. The Kier molecular flexibility index (Phi) is 2.46. The molecule has 0 amide bonds. The van der Waals surface area contributed by atoms with Gasteiger partial charge in [0.25, 0.3) is 0 Å². The smallest absolute Gasteiger partial charge is 0.0379 e. The molecule has 0 spiro atoms. The molecule has 2 heteroatoms. The summed E-state index contributed by atoms with van der Waals surface area (Å²) in [5.41, 5.74) is 7.95. The summed E-state index contributed by atoms with van der Waals surface area (Å²) in [5, 5.41) is 2.48. The molecule has 1 aromatic carbocycles. The van der Waals surface area contributed by atoms with Gasteiger partial charge in [0.2, 0.25) is 0 Å². The number of pyridine rings is 1. The van der Waals surface area contributed by atoms with E-state index in [0.29, 0.717) is 6.54 Å². The third-order valence-electron chi connectivity index (χ3n) is 2.40. The molecule has 1 heterocycles. The van der Waals surface area contributed by atoms with Crippen LogP contribution in [0, 0.1) is 6.92 Å². The number of fused-ring (bicyclic) bond motifs is 1. The minimum atomic E-state index is 0.695. The van der Waals surface area contributed by atoms with Gasteiger partial charge in [-0.1, -0.05) is 18.2 Å². The van der Waals surface area contributed by atoms with Gasteiger partial charge in [-0.25, -0.2) is 0 Å². The van der Waals surface area contributed by atoms with Crippen LogP contribution < -0.4 is 5.73 Å². The Balaban J connectivity index is 2.64. The molecule has 0 aliphatic rings. The summed E-state index contributed by atoms with van der Waals surface area (Å²) in [6.07, 6.45) is 2.85. The molecule has 0 atom stereocenters. The molecule has 0 radical (unpaired) electrons. The Bertz CT molecular complexity index is 449. The predicted octanol–water partition coefficient (Wildman–Crippen LogP) is 2.04. The van der Waals surface area contributed by atoms with Gasteiger partial charge >= 0.3 is 0 Å². The van der Waals surface area contributed by atoms with Crippen molar-refractivity contribution in [2.75, 3.05) is 6.54 Å². The number of hydrogen-bond acceptors (Lipinski definition) is 2. The number of hydrogen-bond donors (Lipinski definition) is 1. The first-order valence-electron chi connectivity index (χ1n) is 4.85. The van der Waals surface area contributed by atoms with Crippen LogP contribution in [0.3, 0.4) is 0 Å². The van der Waals surface area contributed by atoms with Crippen LogP contribution in [-0.2, 0) is 6.42 Å². The van der Waals surface area contributed by atoms with Crippen molar-refractivity contribution in [3.63, 3.8) is 0 Å². The fourth-order valence-corrected chi connectivity index (χ4v) is 1.71. The van der Waals surface area contributed by atoms with Gasteiger partial charge in [-0.15, -0.1) is 0 Å². The first kappa shape index (κ1) is 9.16. The Morgan fingerprint density at radius 1 is 1.36 bits per heavy atom. The van der Waals surface area contributed by atoms with Crippen LogP contribution in [-0.4, -0.2) is 11.5 Å². The summed E-state index contributed by atoms with van der Waals surface area (Å²) >= 11 is 0. The summed E-state index contributed by atoms with van der Waals surface area (Å²) in [7, 11) is 0. The van der Waals surface area contributed by atoms with E-state index in [0.717, 1.165) is 12.1 Å². The second kappa shape index (κ2) is 3.76. The van der Waals surface area contributed by atoms with E-state index in [1.165, 1.54) is 16.3 Å². The summed E-state index contributed by atoms with van der Waals surface area (Å²) in [6, 6.07) is 8.40. The second-order valence-corrected chi connectivity index (χ2v) is 3.50. The lowest BCUT2D eigenvalue weighted by atomic mass is 10.0. The standard InChI is InChI=1S/C12H14N2/c1-9-7-12-10(5-6-13)3-2-4-11(12)8-14-9/h2-4,7-8H,5-6,13H2,1H3. The molecule has 0 saturated heterocycles. The number of rotatable bonds is 2. The van der Waals surface area contributed by atoms with Crippen molar-refractivity contribution in [3.05, 3.63) is 41.7 Å². The maximum Gasteiger partial charge on any atom is 0.0379 e. The molecule has 2 rings (SSSR count). The summed E-state index contributed by atoms with van der Waals surface area (Å²) in [4.78, 5) is 4.28. The number of nitrogens with zero attached hydrogens (tertiary/aromatic N) is 1. The predicted molar refractivity (Wildman–Crippen MR) is 59.2 cm³/mol. The molecule has 0 aliphatic carbocycles. The van der Waals surface area contributed by atoms with Crippen LogP contribution in [0.4, 0.5) is 0 Å². The average molecular weight is 186 g/mol. The highest BCUT2D eigenvalue weighted by Gasteiger charge is 2.00. The third kappa shape index (κ3) is 1.61. The molecule has 0 bridgehead atoms. The SMILES string of the molecule is Cc1cc2c(CCN)cccc2cn1. The normalized spacial score (nSPS) is 10.7. The fourth-order valence-electron chi connectivity index (χ4n) is 1.71. The zero-order valence-electron chi connectivity index (χ0n) is 8.33. The van der Waals surface area contributed by atoms with E-state index < -0.39 is 0 Å². The zero-order chi connectivity index (χ0) is 9.97. The van der Waals surface area contributed by atoms with Gasteiger partial charge in [0.15, 0.2) is 0 Å². The molecule has 0 aliphatic heterocycles. The van der Waals surface area contributed by atoms with Gasteiger partial charge in [-0.2, -0.15) is 0 Å². The van der Waals surface area contributed by atoms with Crippen molar-refractivity contribution < 1.29 is 0 Å². The van der Waals surface area contributed by atoms with Crippen LogP contribution in [0.5, 0.6) is 0 Å². The molecule has 72 valence electrons. The van der Waals surface area contributed by atoms with Crippen LogP contribution in [0.2, 0.25) is 0 Å². The molecule has 0 saturated carbocycles. The van der Waals surface area contributed by atoms with E-state index >= 15 is 0 Å². The van der Waals surface area contributed by atoms with Crippen molar-refractivity contribution >= 4 is 10.8 Å². The fraction of sp³-hybridized carbons (Fsp3) is 0.250. The van der Waals surface area contributed by atoms with Crippen LogP contribution >= 0.6 is 0 Å². The lowest BCUT2D eigenvalue weighted by Gasteiger charge is -2.05. The third-order valence-corrected chi connectivity index (χ3v) is 2.40. The van der Waals surface area contributed by atoms with Crippen molar-refractivity contribution in [2.24, 2.45) is 5.73 Å². The zero-order valence-corrected chi connectivity index (χ0v) is 8.33. The van der Waals surface area contributed by atoms with E-state index in [1.54, 1.807) is 0 Å². The van der Waals surface area contributed by atoms with Crippen molar-refractivity contribution in [2.45, 2.75) is 13.3 Å². The Morgan fingerprint density at radius 2 is 2.21 bits per heavy atom. The number of benzene rings is 1. The summed E-state index contributed by atoms with van der Waals surface area (Å²) < 4.78 is 0. The highest BCUT2D eigenvalue weighted by atomic mass is 14.7. The number of aromatic nitrogens is 1. The molecular weight excluding hydrogens is 172 g/mol. The highest BCUT2D eigenvalue weighted by Crippen LogP contribution is 2.18. The van der Waals surface area contributed by atoms with Gasteiger partial charge in [0, 0.05) is 17.3 Å². The van der Waals surface area contributed by atoms with E-state index in [1.807, 2.05) is 13.1 Å². The molecule has 2 nitrogen and oxygen atoms in total. The van der Waals surface area contributed by atoms with Gasteiger partial charge in [0.1, 0.15) is 0 Å². The Labute approximate surface area is 83.8 Å². The van der Waals surface area contributed by atoms with E-state index in [9.17, 15) is 0 Å². The topological polar surface area (TPSA) is 38.9 Å². The Hall–Kier alpha value is -1.41. The summed E-state index contributed by atoms with van der Waals surface area (Å²) in [6.45, 7) is 2.71. The molecule has 1 aromatic heterocycles. The maximum absolute atomic E-state index is 5.57. The van der Waals surface area contributed by atoms with Gasteiger partial charge < -0.3 is 5.73 Å². The first-order valence-corrected chi connectivity index (χ1v) is 4.85. The minimum absolute atomic E-state index is 0.695. The lowest BCUT2D eigenvalue weighted by molar-refractivity contribution is 0.976. The molecule has 0 unspecified atom stereocenters. The van der Waals surface area contributed by atoms with Crippen molar-refractivity contribution in [1.29, 1.82) is 0 Å². The average Bonchev–Trinajstić information content (AvgIpc) is 2.19. The minimum Gasteiger partial charge on any atom is -0.330 e. The number of nitrogens with two attached hydrogens (primary N) is 1. The Morgan fingerprint density at radius 3 is 3.00 bits per heavy atom. The molecular formula is C12H14N2. The van der Waals surface area contributed by atoms with Gasteiger partial charge in [-0.3, -0.25) is 4.98 Å². The van der Waals surface area contributed by atoms with E-state index in [4.69, 9.17) is 5.73 Å². The maximum atomic E-state index is 5.57. The van der Waals surface area contributed by atoms with Crippen LogP contribution in [0.1, 0.15) is 11.3 Å². The molecule has 2 aromatic rings. The van der Waals surface area contributed by atoms with Gasteiger partial charge in [0.05, 0.1) is 0 Å². The van der Waals surface area contributed by atoms with E-state index in [2.05, 4.69) is 29.2 Å². The van der Waals surface area contributed by atoms with Crippen molar-refractivity contribution in [1.82, 2.24) is 4.98 Å². The quantitative estimate of drug-likeness (QED) is 0.779. The molecule has 0 fully saturated rings. The number of aryl methyl sites for hydroxylation is 1.